The minimum atomic E-state index is -0.550. The van der Waals surface area contributed by atoms with Crippen molar-refractivity contribution in [2.45, 2.75) is 64.6 Å². The summed E-state index contributed by atoms with van der Waals surface area (Å²) in [5.74, 6) is 0.566. The van der Waals surface area contributed by atoms with Gasteiger partial charge in [0.15, 0.2) is 0 Å². The zero-order chi connectivity index (χ0) is 12.9. The summed E-state index contributed by atoms with van der Waals surface area (Å²) in [5, 5.41) is 9.89. The van der Waals surface area contributed by atoms with Gasteiger partial charge in [-0.2, -0.15) is 0 Å². The summed E-state index contributed by atoms with van der Waals surface area (Å²) in [5.41, 5.74) is -0.478. The maximum Gasteiger partial charge on any atom is 0.310 e. The van der Waals surface area contributed by atoms with E-state index in [1.165, 1.54) is 6.42 Å². The van der Waals surface area contributed by atoms with E-state index in [2.05, 4.69) is 13.8 Å². The number of carboxylic acids is 1. The van der Waals surface area contributed by atoms with Gasteiger partial charge in [0.25, 0.3) is 0 Å². The van der Waals surface area contributed by atoms with Gasteiger partial charge in [-0.25, -0.2) is 0 Å². The standard InChI is InChI=1S/C15H24O3/c1-9-7-12-13(18-12)8-11(9)15(14(16)17)6-4-3-5-10(15)2/h9-13H,3-8H2,1-2H3,(H,16,17). The van der Waals surface area contributed by atoms with E-state index < -0.39 is 11.4 Å². The van der Waals surface area contributed by atoms with Crippen molar-refractivity contribution in [2.24, 2.45) is 23.2 Å². The first-order valence-electron chi connectivity index (χ1n) is 7.44. The van der Waals surface area contributed by atoms with Gasteiger partial charge in [-0.1, -0.05) is 26.7 Å². The van der Waals surface area contributed by atoms with Crippen LogP contribution in [0.1, 0.15) is 52.4 Å². The van der Waals surface area contributed by atoms with Gasteiger partial charge >= 0.3 is 5.97 Å². The van der Waals surface area contributed by atoms with Crippen molar-refractivity contribution in [2.75, 3.05) is 0 Å². The van der Waals surface area contributed by atoms with Gasteiger partial charge < -0.3 is 9.84 Å². The van der Waals surface area contributed by atoms with E-state index in [4.69, 9.17) is 4.74 Å². The van der Waals surface area contributed by atoms with Crippen LogP contribution in [0.2, 0.25) is 0 Å². The average molecular weight is 252 g/mol. The van der Waals surface area contributed by atoms with Crippen LogP contribution in [-0.2, 0) is 9.53 Å². The summed E-state index contributed by atoms with van der Waals surface area (Å²) in [6.45, 7) is 4.38. The van der Waals surface area contributed by atoms with Crippen LogP contribution in [0.15, 0.2) is 0 Å². The first kappa shape index (κ1) is 12.5. The number of epoxide rings is 1. The molecule has 3 rings (SSSR count). The molecule has 0 aromatic rings. The van der Waals surface area contributed by atoms with Crippen LogP contribution >= 0.6 is 0 Å². The Labute approximate surface area is 109 Å². The monoisotopic (exact) mass is 252 g/mol. The molecule has 0 aromatic heterocycles. The lowest BCUT2D eigenvalue weighted by Crippen LogP contribution is -2.49. The third-order valence-corrected chi connectivity index (χ3v) is 5.88. The molecule has 0 aromatic carbocycles. The quantitative estimate of drug-likeness (QED) is 0.768. The summed E-state index contributed by atoms with van der Waals surface area (Å²) in [6.07, 6.45) is 7.08. The summed E-state index contributed by atoms with van der Waals surface area (Å²) in [7, 11) is 0. The fourth-order valence-electron chi connectivity index (χ4n) is 4.72. The number of carboxylic acid groups (broad SMARTS) is 1. The summed E-state index contributed by atoms with van der Waals surface area (Å²) >= 11 is 0. The van der Waals surface area contributed by atoms with E-state index in [9.17, 15) is 9.90 Å². The van der Waals surface area contributed by atoms with Crippen molar-refractivity contribution in [1.82, 2.24) is 0 Å². The van der Waals surface area contributed by atoms with Gasteiger partial charge in [-0.05, 0) is 43.4 Å². The van der Waals surface area contributed by atoms with Gasteiger partial charge in [-0.15, -0.1) is 0 Å². The highest BCUT2D eigenvalue weighted by atomic mass is 16.6. The normalized spacial score (nSPS) is 51.6. The van der Waals surface area contributed by atoms with Crippen molar-refractivity contribution in [3.05, 3.63) is 0 Å². The molecule has 1 heterocycles. The topological polar surface area (TPSA) is 49.8 Å². The molecular weight excluding hydrogens is 228 g/mol. The maximum atomic E-state index is 12.0. The molecule has 3 aliphatic rings. The molecule has 6 atom stereocenters. The summed E-state index contributed by atoms with van der Waals surface area (Å²) in [4.78, 5) is 12.0. The van der Waals surface area contributed by atoms with Gasteiger partial charge in [0, 0.05) is 0 Å². The van der Waals surface area contributed by atoms with Crippen LogP contribution in [0.3, 0.4) is 0 Å². The molecule has 0 spiro atoms. The maximum absolute atomic E-state index is 12.0. The Bertz CT molecular complexity index is 354. The zero-order valence-electron chi connectivity index (χ0n) is 11.4. The predicted molar refractivity (Wildman–Crippen MR) is 68.2 cm³/mol. The fourth-order valence-corrected chi connectivity index (χ4v) is 4.72. The second kappa shape index (κ2) is 4.22. The van der Waals surface area contributed by atoms with Crippen LogP contribution in [0, 0.1) is 23.2 Å². The van der Waals surface area contributed by atoms with Gasteiger partial charge in [0.05, 0.1) is 17.6 Å². The molecule has 3 nitrogen and oxygen atoms in total. The lowest BCUT2D eigenvalue weighted by molar-refractivity contribution is -0.163. The lowest BCUT2D eigenvalue weighted by atomic mass is 9.54. The zero-order valence-corrected chi connectivity index (χ0v) is 11.4. The van der Waals surface area contributed by atoms with Crippen molar-refractivity contribution < 1.29 is 14.6 Å². The molecule has 3 heteroatoms. The Hall–Kier alpha value is -0.570. The largest absolute Gasteiger partial charge is 0.481 e. The minimum absolute atomic E-state index is 0.312. The third kappa shape index (κ3) is 1.70. The molecule has 2 saturated carbocycles. The second-order valence-corrected chi connectivity index (χ2v) is 6.76. The second-order valence-electron chi connectivity index (χ2n) is 6.76. The molecule has 6 unspecified atom stereocenters. The molecule has 1 saturated heterocycles. The number of hydrogen-bond donors (Lipinski definition) is 1. The minimum Gasteiger partial charge on any atom is -0.481 e. The molecule has 0 radical (unpaired) electrons. The molecule has 18 heavy (non-hydrogen) atoms. The van der Waals surface area contributed by atoms with Crippen molar-refractivity contribution in [1.29, 1.82) is 0 Å². The molecule has 2 aliphatic carbocycles. The van der Waals surface area contributed by atoms with Gasteiger partial charge in [-0.3, -0.25) is 4.79 Å². The molecular formula is C15H24O3. The molecule has 0 amide bonds. The number of rotatable bonds is 2. The van der Waals surface area contributed by atoms with Crippen molar-refractivity contribution >= 4 is 5.97 Å². The van der Waals surface area contributed by atoms with Crippen LogP contribution in [0.25, 0.3) is 0 Å². The predicted octanol–water partition coefficient (Wildman–Crippen LogP) is 3.08. The van der Waals surface area contributed by atoms with Gasteiger partial charge in [0.2, 0.25) is 0 Å². The third-order valence-electron chi connectivity index (χ3n) is 5.88. The smallest absolute Gasteiger partial charge is 0.310 e. The Kier molecular flexibility index (Phi) is 2.92. The van der Waals surface area contributed by atoms with Crippen LogP contribution in [0.4, 0.5) is 0 Å². The highest BCUT2D eigenvalue weighted by Gasteiger charge is 2.58. The highest BCUT2D eigenvalue weighted by Crippen LogP contribution is 2.56. The van der Waals surface area contributed by atoms with Crippen molar-refractivity contribution in [3.8, 4) is 0 Å². The Morgan fingerprint density at radius 2 is 1.94 bits per heavy atom. The Morgan fingerprint density at radius 1 is 1.22 bits per heavy atom. The van der Waals surface area contributed by atoms with Crippen LogP contribution in [0.5, 0.6) is 0 Å². The lowest BCUT2D eigenvalue weighted by Gasteiger charge is -2.48. The van der Waals surface area contributed by atoms with E-state index in [1.54, 1.807) is 0 Å². The van der Waals surface area contributed by atoms with E-state index in [-0.39, 0.29) is 0 Å². The SMILES string of the molecule is CC1CC2OC2CC1C1(C(=O)O)CCCCC1C. The van der Waals surface area contributed by atoms with Crippen LogP contribution < -0.4 is 0 Å². The summed E-state index contributed by atoms with van der Waals surface area (Å²) in [6, 6.07) is 0. The first-order chi connectivity index (χ1) is 8.55. The number of aliphatic carboxylic acids is 1. The van der Waals surface area contributed by atoms with E-state index in [1.807, 2.05) is 0 Å². The molecule has 3 fully saturated rings. The first-order valence-corrected chi connectivity index (χ1v) is 7.44. The Morgan fingerprint density at radius 3 is 2.61 bits per heavy atom. The van der Waals surface area contributed by atoms with Gasteiger partial charge in [0.1, 0.15) is 0 Å². The van der Waals surface area contributed by atoms with Crippen LogP contribution in [-0.4, -0.2) is 23.3 Å². The highest BCUT2D eigenvalue weighted by molar-refractivity contribution is 5.75. The molecule has 0 bridgehead atoms. The average Bonchev–Trinajstić information content (AvgIpc) is 3.06. The number of fused-ring (bicyclic) bond motifs is 1. The molecule has 102 valence electrons. The summed E-state index contributed by atoms with van der Waals surface area (Å²) < 4.78 is 5.64. The van der Waals surface area contributed by atoms with E-state index in [0.717, 1.165) is 32.1 Å². The number of hydrogen-bond acceptors (Lipinski definition) is 2. The number of carbonyl (C=O) groups is 1. The Balaban J connectivity index is 1.90. The van der Waals surface area contributed by atoms with Crippen molar-refractivity contribution in [3.63, 3.8) is 0 Å². The van der Waals surface area contributed by atoms with E-state index >= 15 is 0 Å². The molecule has 1 aliphatic heterocycles. The fraction of sp³-hybridized carbons (Fsp3) is 0.933. The number of ether oxygens (including phenoxy) is 1. The molecule has 1 N–H and O–H groups in total. The van der Waals surface area contributed by atoms with E-state index in [0.29, 0.717) is 30.0 Å².